The number of hydrogen-bond donors (Lipinski definition) is 0. The maximum absolute atomic E-state index is 13.2. The molecule has 0 amide bonds. The molecule has 0 fully saturated rings. The number of hydrogen-bond acceptors (Lipinski definition) is 1. The summed E-state index contributed by atoms with van der Waals surface area (Å²) in [5.74, 6) is -0.174. The van der Waals surface area contributed by atoms with E-state index in [1.165, 1.54) is 0 Å². The molecule has 74 valence electrons. The molecular formula is C12H7BrFN. The molecule has 0 spiro atoms. The van der Waals surface area contributed by atoms with Gasteiger partial charge < -0.3 is 0 Å². The lowest BCUT2D eigenvalue weighted by molar-refractivity contribution is 0.663. The molecule has 0 bridgehead atoms. The van der Waals surface area contributed by atoms with E-state index in [-0.39, 0.29) is 5.83 Å². The monoisotopic (exact) mass is 263 g/mol. The minimum atomic E-state index is -0.174. The summed E-state index contributed by atoms with van der Waals surface area (Å²) in [5.41, 5.74) is 3.81. The third-order valence-electron chi connectivity index (χ3n) is 2.60. The van der Waals surface area contributed by atoms with E-state index in [1.54, 1.807) is 12.2 Å². The van der Waals surface area contributed by atoms with Crippen LogP contribution >= 0.6 is 15.9 Å². The smallest absolute Gasteiger partial charge is 0.120 e. The van der Waals surface area contributed by atoms with Crippen LogP contribution in [0, 0.1) is 0 Å². The number of allylic oxidation sites excluding steroid dienone is 4. The van der Waals surface area contributed by atoms with Crippen LogP contribution in [0.3, 0.4) is 0 Å². The van der Waals surface area contributed by atoms with Gasteiger partial charge in [-0.1, -0.05) is 22.0 Å². The van der Waals surface area contributed by atoms with Gasteiger partial charge >= 0.3 is 0 Å². The Labute approximate surface area is 95.2 Å². The molecule has 15 heavy (non-hydrogen) atoms. The maximum Gasteiger partial charge on any atom is 0.120 e. The summed E-state index contributed by atoms with van der Waals surface area (Å²) in [4.78, 5) is 4.48. The van der Waals surface area contributed by atoms with E-state index in [2.05, 4.69) is 20.9 Å². The van der Waals surface area contributed by atoms with Gasteiger partial charge in [0.05, 0.1) is 11.4 Å². The van der Waals surface area contributed by atoms with Crippen molar-refractivity contribution in [3.63, 3.8) is 0 Å². The van der Waals surface area contributed by atoms with Crippen molar-refractivity contribution in [1.29, 1.82) is 0 Å². The fourth-order valence-corrected chi connectivity index (χ4v) is 2.49. The predicted octanol–water partition coefficient (Wildman–Crippen LogP) is 4.18. The minimum absolute atomic E-state index is 0.174. The number of halogens is 2. The van der Waals surface area contributed by atoms with Crippen molar-refractivity contribution < 1.29 is 4.39 Å². The van der Waals surface area contributed by atoms with E-state index in [4.69, 9.17) is 0 Å². The van der Waals surface area contributed by atoms with Crippen LogP contribution in [0.4, 0.5) is 10.1 Å². The molecule has 0 N–H and O–H groups in total. The lowest BCUT2D eigenvalue weighted by atomic mass is 9.97. The molecule has 0 radical (unpaired) electrons. The fraction of sp³-hybridized carbons (Fsp3) is 0.0833. The number of benzene rings is 1. The maximum atomic E-state index is 13.2. The van der Waals surface area contributed by atoms with E-state index >= 15 is 0 Å². The highest BCUT2D eigenvalue weighted by Crippen LogP contribution is 2.42. The summed E-state index contributed by atoms with van der Waals surface area (Å²) in [6.45, 7) is 0. The normalized spacial score (nSPS) is 17.6. The molecule has 3 rings (SSSR count). The van der Waals surface area contributed by atoms with Gasteiger partial charge in [0.15, 0.2) is 0 Å². The van der Waals surface area contributed by atoms with E-state index < -0.39 is 0 Å². The largest absolute Gasteiger partial charge is 0.252 e. The molecule has 1 aromatic rings. The number of nitrogens with zero attached hydrogens (tertiary/aromatic N) is 1. The van der Waals surface area contributed by atoms with Gasteiger partial charge in [-0.2, -0.15) is 0 Å². The van der Waals surface area contributed by atoms with Crippen LogP contribution in [-0.2, 0) is 0 Å². The van der Waals surface area contributed by atoms with Crippen molar-refractivity contribution in [3.05, 3.63) is 46.2 Å². The molecule has 3 heteroatoms. The van der Waals surface area contributed by atoms with E-state index in [0.29, 0.717) is 6.42 Å². The van der Waals surface area contributed by atoms with Crippen LogP contribution in [-0.4, -0.2) is 5.71 Å². The summed E-state index contributed by atoms with van der Waals surface area (Å²) in [6.07, 6.45) is 3.69. The van der Waals surface area contributed by atoms with Crippen LogP contribution < -0.4 is 0 Å². The highest BCUT2D eigenvalue weighted by molar-refractivity contribution is 9.10. The Balaban J connectivity index is 2.26. The van der Waals surface area contributed by atoms with Crippen LogP contribution in [0.1, 0.15) is 12.0 Å². The van der Waals surface area contributed by atoms with Gasteiger partial charge in [0.1, 0.15) is 5.83 Å². The quantitative estimate of drug-likeness (QED) is 0.666. The van der Waals surface area contributed by atoms with Crippen molar-refractivity contribution in [2.75, 3.05) is 0 Å². The molecule has 1 aliphatic carbocycles. The Morgan fingerprint density at radius 2 is 2.20 bits per heavy atom. The summed E-state index contributed by atoms with van der Waals surface area (Å²) >= 11 is 3.47. The number of fused-ring (bicyclic) bond motifs is 3. The van der Waals surface area contributed by atoms with Crippen LogP contribution in [0.5, 0.6) is 0 Å². The Kier molecular flexibility index (Phi) is 1.89. The molecule has 0 unspecified atom stereocenters. The zero-order valence-electron chi connectivity index (χ0n) is 7.80. The molecule has 1 aliphatic heterocycles. The van der Waals surface area contributed by atoms with Gasteiger partial charge in [-0.15, -0.1) is 0 Å². The Morgan fingerprint density at radius 3 is 3.07 bits per heavy atom. The summed E-state index contributed by atoms with van der Waals surface area (Å²) in [6, 6.07) is 5.84. The van der Waals surface area contributed by atoms with Crippen LogP contribution in [0.25, 0.3) is 5.57 Å². The van der Waals surface area contributed by atoms with E-state index in [1.807, 2.05) is 18.2 Å². The summed E-state index contributed by atoms with van der Waals surface area (Å²) in [7, 11) is 0. The van der Waals surface area contributed by atoms with E-state index in [9.17, 15) is 4.39 Å². The zero-order valence-corrected chi connectivity index (χ0v) is 9.38. The molecule has 1 heterocycles. The van der Waals surface area contributed by atoms with Crippen molar-refractivity contribution in [2.45, 2.75) is 6.42 Å². The molecule has 2 aliphatic rings. The van der Waals surface area contributed by atoms with Gasteiger partial charge in [0.25, 0.3) is 0 Å². The van der Waals surface area contributed by atoms with Gasteiger partial charge in [0, 0.05) is 22.0 Å². The topological polar surface area (TPSA) is 12.4 Å². The first-order valence-electron chi connectivity index (χ1n) is 4.70. The predicted molar refractivity (Wildman–Crippen MR) is 63.0 cm³/mol. The third kappa shape index (κ3) is 1.30. The standard InChI is InChI=1S/C12H7BrFN/c13-9-2-1-3-11-12(9)8-6-7(14)4-5-10(8)15-11/h1-4,6H,5H2. The van der Waals surface area contributed by atoms with Crippen LogP contribution in [0.15, 0.2) is 45.6 Å². The lowest BCUT2D eigenvalue weighted by Gasteiger charge is -2.08. The molecule has 0 atom stereocenters. The SMILES string of the molecule is FC1=CCC2=Nc3cccc(Br)c3C2=C1. The third-order valence-corrected chi connectivity index (χ3v) is 3.26. The van der Waals surface area contributed by atoms with Crippen molar-refractivity contribution in [1.82, 2.24) is 0 Å². The van der Waals surface area contributed by atoms with Gasteiger partial charge in [-0.3, -0.25) is 4.99 Å². The van der Waals surface area contributed by atoms with E-state index in [0.717, 1.165) is 27.0 Å². The Morgan fingerprint density at radius 1 is 1.33 bits per heavy atom. The fourth-order valence-electron chi connectivity index (χ4n) is 1.92. The van der Waals surface area contributed by atoms with Crippen molar-refractivity contribution >= 4 is 32.9 Å². The van der Waals surface area contributed by atoms with Crippen molar-refractivity contribution in [3.8, 4) is 0 Å². The van der Waals surface area contributed by atoms with Gasteiger partial charge in [-0.05, 0) is 24.3 Å². The van der Waals surface area contributed by atoms with Gasteiger partial charge in [-0.25, -0.2) is 4.39 Å². The second-order valence-corrected chi connectivity index (χ2v) is 4.40. The zero-order chi connectivity index (χ0) is 10.4. The first-order valence-corrected chi connectivity index (χ1v) is 5.49. The molecule has 0 saturated heterocycles. The second kappa shape index (κ2) is 3.14. The molecule has 1 nitrogen and oxygen atoms in total. The molecular weight excluding hydrogens is 257 g/mol. The second-order valence-electron chi connectivity index (χ2n) is 3.54. The Bertz CT molecular complexity index is 541. The lowest BCUT2D eigenvalue weighted by Crippen LogP contribution is -2.00. The first kappa shape index (κ1) is 9.04. The minimum Gasteiger partial charge on any atom is -0.252 e. The molecule has 0 saturated carbocycles. The average molecular weight is 264 g/mol. The first-order chi connectivity index (χ1) is 7.25. The van der Waals surface area contributed by atoms with Crippen molar-refractivity contribution in [2.24, 2.45) is 4.99 Å². The average Bonchev–Trinajstić information content (AvgIpc) is 2.57. The number of rotatable bonds is 0. The van der Waals surface area contributed by atoms with Crippen LogP contribution in [0.2, 0.25) is 0 Å². The Hall–Kier alpha value is -1.22. The van der Waals surface area contributed by atoms with Gasteiger partial charge in [0.2, 0.25) is 0 Å². The molecule has 1 aromatic carbocycles. The summed E-state index contributed by atoms with van der Waals surface area (Å²) < 4.78 is 14.1. The highest BCUT2D eigenvalue weighted by Gasteiger charge is 2.24. The molecule has 0 aromatic heterocycles. The number of aliphatic imine (C=N–C) groups is 1. The highest BCUT2D eigenvalue weighted by atomic mass is 79.9. The summed E-state index contributed by atoms with van der Waals surface area (Å²) in [5, 5.41) is 0.